The molecule has 0 aromatic heterocycles. The Bertz CT molecular complexity index is 260. The first-order valence-electron chi connectivity index (χ1n) is 6.46. The predicted octanol–water partition coefficient (Wildman–Crippen LogP) is 2.26. The number of hydrogen-bond acceptors (Lipinski definition) is 3. The van der Waals surface area contributed by atoms with Crippen LogP contribution in [0.1, 0.15) is 40.5 Å². The third kappa shape index (κ3) is 4.19. The van der Waals surface area contributed by atoms with Gasteiger partial charge in [0, 0.05) is 19.7 Å². The third-order valence-electron chi connectivity index (χ3n) is 3.25. The molecule has 2 unspecified atom stereocenters. The van der Waals surface area contributed by atoms with Crippen LogP contribution in [0.15, 0.2) is 0 Å². The average molecular weight is 243 g/mol. The van der Waals surface area contributed by atoms with Crippen molar-refractivity contribution in [1.82, 2.24) is 4.90 Å². The monoisotopic (exact) mass is 243 g/mol. The fraction of sp³-hybridized carbons (Fsp3) is 0.923. The van der Waals surface area contributed by atoms with E-state index in [0.29, 0.717) is 18.4 Å². The Hall–Kier alpha value is -0.770. The molecule has 4 nitrogen and oxygen atoms in total. The maximum atomic E-state index is 11.9. The van der Waals surface area contributed by atoms with E-state index in [1.807, 2.05) is 20.8 Å². The van der Waals surface area contributed by atoms with Crippen molar-refractivity contribution < 1.29 is 14.6 Å². The van der Waals surface area contributed by atoms with Crippen LogP contribution in [0.5, 0.6) is 0 Å². The molecular formula is C13H25NO3. The number of aliphatic hydroxyl groups excluding tert-OH is 1. The number of rotatable bonds is 3. The van der Waals surface area contributed by atoms with E-state index in [-0.39, 0.29) is 12.7 Å². The van der Waals surface area contributed by atoms with Crippen LogP contribution in [-0.4, -0.2) is 41.4 Å². The summed E-state index contributed by atoms with van der Waals surface area (Å²) in [6, 6.07) is 0. The topological polar surface area (TPSA) is 49.8 Å². The smallest absolute Gasteiger partial charge is 0.410 e. The van der Waals surface area contributed by atoms with Crippen LogP contribution in [0.25, 0.3) is 0 Å². The molecule has 0 aromatic rings. The van der Waals surface area contributed by atoms with Gasteiger partial charge in [0.15, 0.2) is 0 Å². The summed E-state index contributed by atoms with van der Waals surface area (Å²) in [5.41, 5.74) is -0.437. The summed E-state index contributed by atoms with van der Waals surface area (Å²) >= 11 is 0. The molecular weight excluding hydrogens is 218 g/mol. The summed E-state index contributed by atoms with van der Waals surface area (Å²) in [5.74, 6) is 0.909. The standard InChI is InChI=1S/C13H25NO3/c1-5-10-8-14(9-11(10)6-7-15)12(16)17-13(2,3)4/h10-11,15H,5-9H2,1-4H3. The van der Waals surface area contributed by atoms with Crippen LogP contribution < -0.4 is 0 Å². The predicted molar refractivity (Wildman–Crippen MR) is 66.8 cm³/mol. The summed E-state index contributed by atoms with van der Waals surface area (Å²) in [6.07, 6.45) is 1.60. The highest BCUT2D eigenvalue weighted by Gasteiger charge is 2.35. The van der Waals surface area contributed by atoms with Crippen LogP contribution in [-0.2, 0) is 4.74 Å². The first kappa shape index (κ1) is 14.3. The SMILES string of the molecule is CCC1CN(C(=O)OC(C)(C)C)CC1CCO. The van der Waals surface area contributed by atoms with Gasteiger partial charge in [-0.3, -0.25) is 0 Å². The highest BCUT2D eigenvalue weighted by Crippen LogP contribution is 2.29. The van der Waals surface area contributed by atoms with Crippen molar-refractivity contribution in [2.24, 2.45) is 11.8 Å². The van der Waals surface area contributed by atoms with Crippen molar-refractivity contribution >= 4 is 6.09 Å². The number of nitrogens with zero attached hydrogens (tertiary/aromatic N) is 1. The van der Waals surface area contributed by atoms with Crippen LogP contribution >= 0.6 is 0 Å². The molecule has 2 atom stereocenters. The van der Waals surface area contributed by atoms with E-state index < -0.39 is 5.60 Å². The lowest BCUT2D eigenvalue weighted by atomic mass is 9.91. The molecule has 1 saturated heterocycles. The second-order valence-corrected chi connectivity index (χ2v) is 5.83. The van der Waals surface area contributed by atoms with Crippen molar-refractivity contribution in [2.45, 2.75) is 46.1 Å². The van der Waals surface area contributed by atoms with Gasteiger partial charge in [-0.15, -0.1) is 0 Å². The minimum Gasteiger partial charge on any atom is -0.444 e. The number of hydrogen-bond donors (Lipinski definition) is 1. The molecule has 1 aliphatic rings. The van der Waals surface area contributed by atoms with Gasteiger partial charge in [-0.2, -0.15) is 0 Å². The van der Waals surface area contributed by atoms with Crippen molar-refractivity contribution in [3.8, 4) is 0 Å². The first-order valence-corrected chi connectivity index (χ1v) is 6.46. The summed E-state index contributed by atoms with van der Waals surface area (Å²) < 4.78 is 5.37. The van der Waals surface area contributed by atoms with E-state index in [1.165, 1.54) is 0 Å². The molecule has 0 spiro atoms. The Morgan fingerprint density at radius 3 is 2.41 bits per heavy atom. The van der Waals surface area contributed by atoms with Crippen LogP contribution in [0.4, 0.5) is 4.79 Å². The minimum absolute atomic E-state index is 0.198. The molecule has 0 saturated carbocycles. The second-order valence-electron chi connectivity index (χ2n) is 5.83. The molecule has 1 fully saturated rings. The number of likely N-dealkylation sites (tertiary alicyclic amines) is 1. The Labute approximate surface area is 104 Å². The largest absolute Gasteiger partial charge is 0.444 e. The molecule has 0 bridgehead atoms. The fourth-order valence-electron chi connectivity index (χ4n) is 2.37. The molecule has 4 heteroatoms. The number of ether oxygens (including phenoxy) is 1. The molecule has 0 aliphatic carbocycles. The zero-order valence-electron chi connectivity index (χ0n) is 11.4. The lowest BCUT2D eigenvalue weighted by Gasteiger charge is -2.24. The van der Waals surface area contributed by atoms with Gasteiger partial charge in [0.05, 0.1) is 0 Å². The van der Waals surface area contributed by atoms with Crippen LogP contribution in [0.2, 0.25) is 0 Å². The van der Waals surface area contributed by atoms with E-state index in [4.69, 9.17) is 9.84 Å². The quantitative estimate of drug-likeness (QED) is 0.827. The summed E-state index contributed by atoms with van der Waals surface area (Å²) in [6.45, 7) is 9.44. The summed E-state index contributed by atoms with van der Waals surface area (Å²) in [5, 5.41) is 9.02. The van der Waals surface area contributed by atoms with E-state index in [0.717, 1.165) is 19.4 Å². The Morgan fingerprint density at radius 1 is 1.35 bits per heavy atom. The molecule has 1 heterocycles. The van der Waals surface area contributed by atoms with Gasteiger partial charge in [0.2, 0.25) is 0 Å². The van der Waals surface area contributed by atoms with Gasteiger partial charge in [-0.25, -0.2) is 4.79 Å². The van der Waals surface area contributed by atoms with Gasteiger partial charge >= 0.3 is 6.09 Å². The van der Waals surface area contributed by atoms with Crippen LogP contribution in [0, 0.1) is 11.8 Å². The maximum absolute atomic E-state index is 11.9. The Kier molecular flexibility index (Phi) is 4.80. The molecule has 1 N–H and O–H groups in total. The van der Waals surface area contributed by atoms with Gasteiger partial charge in [-0.1, -0.05) is 13.3 Å². The molecule has 1 rings (SSSR count). The maximum Gasteiger partial charge on any atom is 0.410 e. The average Bonchev–Trinajstić information content (AvgIpc) is 2.59. The zero-order chi connectivity index (χ0) is 13.1. The third-order valence-corrected chi connectivity index (χ3v) is 3.25. The second kappa shape index (κ2) is 5.71. The molecule has 1 amide bonds. The number of carbonyl (C=O) groups is 1. The highest BCUT2D eigenvalue weighted by atomic mass is 16.6. The van der Waals surface area contributed by atoms with Crippen molar-refractivity contribution in [1.29, 1.82) is 0 Å². The molecule has 1 aliphatic heterocycles. The van der Waals surface area contributed by atoms with Gasteiger partial charge in [0.1, 0.15) is 5.60 Å². The van der Waals surface area contributed by atoms with E-state index >= 15 is 0 Å². The summed E-state index contributed by atoms with van der Waals surface area (Å²) in [4.78, 5) is 13.7. The number of carbonyl (C=O) groups excluding carboxylic acids is 1. The van der Waals surface area contributed by atoms with Crippen LogP contribution in [0.3, 0.4) is 0 Å². The van der Waals surface area contributed by atoms with Gasteiger partial charge < -0.3 is 14.7 Å². The van der Waals surface area contributed by atoms with Crippen molar-refractivity contribution in [2.75, 3.05) is 19.7 Å². The van der Waals surface area contributed by atoms with E-state index in [1.54, 1.807) is 4.90 Å². The number of aliphatic hydroxyl groups is 1. The van der Waals surface area contributed by atoms with E-state index in [2.05, 4.69) is 6.92 Å². The molecule has 100 valence electrons. The number of amides is 1. The van der Waals surface area contributed by atoms with Gasteiger partial charge in [0.25, 0.3) is 0 Å². The van der Waals surface area contributed by atoms with Crippen molar-refractivity contribution in [3.05, 3.63) is 0 Å². The summed E-state index contributed by atoms with van der Waals surface area (Å²) in [7, 11) is 0. The fourth-order valence-corrected chi connectivity index (χ4v) is 2.37. The van der Waals surface area contributed by atoms with E-state index in [9.17, 15) is 4.79 Å². The zero-order valence-corrected chi connectivity index (χ0v) is 11.4. The molecule has 0 aromatic carbocycles. The lowest BCUT2D eigenvalue weighted by molar-refractivity contribution is 0.0282. The first-order chi connectivity index (χ1) is 7.87. The van der Waals surface area contributed by atoms with Crippen molar-refractivity contribution in [3.63, 3.8) is 0 Å². The normalized spacial score (nSPS) is 25.1. The Morgan fingerprint density at radius 2 is 1.94 bits per heavy atom. The molecule has 17 heavy (non-hydrogen) atoms. The Balaban J connectivity index is 2.54. The minimum atomic E-state index is -0.437. The lowest BCUT2D eigenvalue weighted by Crippen LogP contribution is -2.35. The molecule has 0 radical (unpaired) electrons. The van der Waals surface area contributed by atoms with Gasteiger partial charge in [-0.05, 0) is 39.0 Å². The highest BCUT2D eigenvalue weighted by molar-refractivity contribution is 5.68.